The van der Waals surface area contributed by atoms with Gasteiger partial charge in [-0.1, -0.05) is 0 Å². The van der Waals surface area contributed by atoms with Crippen LogP contribution in [0.3, 0.4) is 0 Å². The smallest absolute Gasteiger partial charge is 0.354 e. The molecule has 0 spiro atoms. The van der Waals surface area contributed by atoms with E-state index >= 15 is 0 Å². The first-order chi connectivity index (χ1) is 18.6. The van der Waals surface area contributed by atoms with Crippen molar-refractivity contribution < 1.29 is 14.3 Å². The van der Waals surface area contributed by atoms with Gasteiger partial charge in [0.05, 0.1) is 11.2 Å². The Kier molecular flexibility index (Phi) is 9.03. The number of halogens is 1. The molecule has 5 N–H and O–H groups in total. The first-order valence-electron chi connectivity index (χ1n) is 13.5. The normalized spacial score (nSPS) is 22.4. The molecule has 2 aromatic rings. The van der Waals surface area contributed by atoms with Crippen LogP contribution in [0.5, 0.6) is 5.75 Å². The predicted octanol–water partition coefficient (Wildman–Crippen LogP) is 0.583. The summed E-state index contributed by atoms with van der Waals surface area (Å²) in [4.78, 5) is 47.4. The Morgan fingerprint density at radius 3 is 2.25 bits per heavy atom. The lowest BCUT2D eigenvalue weighted by Crippen LogP contribution is -2.58. The molecule has 5 rings (SSSR count). The van der Waals surface area contributed by atoms with E-state index in [1.54, 1.807) is 48.0 Å². The highest BCUT2D eigenvalue weighted by Crippen LogP contribution is 2.50. The quantitative estimate of drug-likeness (QED) is 0.414. The zero-order valence-corrected chi connectivity index (χ0v) is 23.8. The average molecular weight is 575 g/mol. The van der Waals surface area contributed by atoms with E-state index in [-0.39, 0.29) is 30.2 Å². The Morgan fingerprint density at radius 1 is 1.05 bits per heavy atom. The number of nitrogens with two attached hydrogens (primary N) is 2. The van der Waals surface area contributed by atoms with E-state index < -0.39 is 11.2 Å². The molecule has 0 radical (unpaired) electrons. The molecule has 3 aliphatic rings. The Morgan fingerprint density at radius 2 is 1.68 bits per heavy atom. The number of nitrogens with zero attached hydrogens (tertiary/aromatic N) is 5. The van der Waals surface area contributed by atoms with Gasteiger partial charge in [-0.25, -0.2) is 9.59 Å². The van der Waals surface area contributed by atoms with Crippen molar-refractivity contribution in [1.82, 2.24) is 24.3 Å². The molecule has 1 aliphatic carbocycles. The summed E-state index contributed by atoms with van der Waals surface area (Å²) < 4.78 is 7.31. The summed E-state index contributed by atoms with van der Waals surface area (Å²) in [6.45, 7) is 9.41. The van der Waals surface area contributed by atoms with Gasteiger partial charge >= 0.3 is 11.7 Å². The summed E-state index contributed by atoms with van der Waals surface area (Å²) in [6, 6.07) is 8.48. The monoisotopic (exact) mass is 574 g/mol. The number of nitrogens with one attached hydrogen (secondary N) is 1. The minimum atomic E-state index is -0.950. The Balaban J connectivity index is 0.00000370. The second-order valence-electron chi connectivity index (χ2n) is 11.2. The van der Waals surface area contributed by atoms with Gasteiger partial charge in [0, 0.05) is 52.0 Å². The summed E-state index contributed by atoms with van der Waals surface area (Å²) >= 11 is 0. The molecule has 1 aromatic heterocycles. The summed E-state index contributed by atoms with van der Waals surface area (Å²) in [7, 11) is 0. The Bertz CT molecular complexity index is 1240. The lowest BCUT2D eigenvalue weighted by atomic mass is 10.1. The molecule has 40 heavy (non-hydrogen) atoms. The van der Waals surface area contributed by atoms with Gasteiger partial charge in [-0.3, -0.25) is 19.6 Å². The number of piperidine rings is 1. The largest absolute Gasteiger partial charge is 0.492 e. The van der Waals surface area contributed by atoms with E-state index in [9.17, 15) is 14.4 Å². The topological polar surface area (TPSA) is 152 Å². The number of amides is 3. The maximum Gasteiger partial charge on any atom is 0.354 e. The van der Waals surface area contributed by atoms with Crippen molar-refractivity contribution in [3.63, 3.8) is 0 Å². The second-order valence-corrected chi connectivity index (χ2v) is 11.2. The van der Waals surface area contributed by atoms with Gasteiger partial charge in [0.25, 0.3) is 0 Å². The van der Waals surface area contributed by atoms with Gasteiger partial charge in [0.1, 0.15) is 18.2 Å². The third-order valence-electron chi connectivity index (χ3n) is 7.95. The molecule has 1 aromatic carbocycles. The van der Waals surface area contributed by atoms with Gasteiger partial charge in [0.2, 0.25) is 5.91 Å². The number of likely N-dealkylation sites (tertiary alicyclic amines) is 1. The van der Waals surface area contributed by atoms with Crippen molar-refractivity contribution in [2.24, 2.45) is 29.2 Å². The molecule has 3 heterocycles. The maximum absolute atomic E-state index is 12.7. The predicted molar refractivity (Wildman–Crippen MR) is 154 cm³/mol. The number of carbonyl (C=O) groups is 2. The molecule has 12 nitrogen and oxygen atoms in total. The average Bonchev–Trinajstić information content (AvgIpc) is 3.40. The molecule has 0 bridgehead atoms. The number of hydrogen-bond donors (Lipinski definition) is 3. The van der Waals surface area contributed by atoms with E-state index in [4.69, 9.17) is 16.2 Å². The fourth-order valence-corrected chi connectivity index (χ4v) is 5.64. The van der Waals surface area contributed by atoms with E-state index in [2.05, 4.69) is 15.2 Å². The van der Waals surface area contributed by atoms with Crippen LogP contribution in [0.2, 0.25) is 0 Å². The summed E-state index contributed by atoms with van der Waals surface area (Å²) in [5.74, 6) is 3.04. The van der Waals surface area contributed by atoms with Gasteiger partial charge in [0.15, 0.2) is 0 Å². The number of rotatable bonds is 8. The fourth-order valence-electron chi connectivity index (χ4n) is 5.64. The number of ether oxygens (including phenoxy) is 1. The van der Waals surface area contributed by atoms with Crippen molar-refractivity contribution in [3.8, 4) is 11.4 Å². The minimum Gasteiger partial charge on any atom is -0.492 e. The maximum atomic E-state index is 12.7. The van der Waals surface area contributed by atoms with Crippen LogP contribution in [0, 0.1) is 17.8 Å². The van der Waals surface area contributed by atoms with Crippen LogP contribution in [-0.4, -0.2) is 101 Å². The molecular formula is C27H39ClN8O4. The van der Waals surface area contributed by atoms with Crippen molar-refractivity contribution in [1.29, 1.82) is 0 Å². The number of aromatic nitrogens is 2. The molecule has 2 unspecified atom stereocenters. The molecular weight excluding hydrogens is 536 g/mol. The molecule has 2 saturated heterocycles. The van der Waals surface area contributed by atoms with Crippen molar-refractivity contribution >= 4 is 30.2 Å². The van der Waals surface area contributed by atoms with Crippen molar-refractivity contribution in [3.05, 3.63) is 47.0 Å². The van der Waals surface area contributed by atoms with Crippen LogP contribution >= 0.6 is 12.4 Å². The van der Waals surface area contributed by atoms with Gasteiger partial charge in [-0.2, -0.15) is 4.98 Å². The van der Waals surface area contributed by atoms with Crippen LogP contribution in [0.1, 0.15) is 13.8 Å². The molecule has 2 atom stereocenters. The molecule has 13 heteroatoms. The first-order valence-corrected chi connectivity index (χ1v) is 13.5. The fraction of sp³-hybridized carbons (Fsp3) is 0.556. The molecule has 2 aliphatic heterocycles. The zero-order chi connectivity index (χ0) is 27.7. The number of anilines is 1. The van der Waals surface area contributed by atoms with Gasteiger partial charge in [-0.15, -0.1) is 12.4 Å². The molecule has 218 valence electrons. The SMILES string of the molecule is CC(C)(N)C(=O)N1CCN(C(=O)Nc2ccn(-c3ccc(OCCN4CC5C(CN)C5C4)cc3)c(=O)n2)CC1.Cl. The van der Waals surface area contributed by atoms with Crippen LogP contribution in [0.4, 0.5) is 10.6 Å². The van der Waals surface area contributed by atoms with Crippen molar-refractivity contribution in [2.75, 3.05) is 64.3 Å². The zero-order valence-electron chi connectivity index (χ0n) is 23.0. The van der Waals surface area contributed by atoms with Crippen LogP contribution in [0.25, 0.3) is 5.69 Å². The summed E-state index contributed by atoms with van der Waals surface area (Å²) in [6.07, 6.45) is 1.58. The standard InChI is InChI=1S/C27H38N8O4.ClH/c1-27(2,29)24(36)33-9-11-34(12-10-33)25(37)30-23-7-8-35(26(38)31-23)18-3-5-19(6-4-18)39-14-13-32-16-21-20(15-28)22(21)17-32;/h3-8,20-22H,9-17,28-29H2,1-2H3,(H,30,31,37,38);1H. The van der Waals surface area contributed by atoms with Crippen LogP contribution < -0.4 is 27.2 Å². The second kappa shape index (κ2) is 12.1. The van der Waals surface area contributed by atoms with E-state index in [0.717, 1.165) is 49.7 Å². The first kappa shape index (κ1) is 29.8. The molecule has 3 fully saturated rings. The van der Waals surface area contributed by atoms with E-state index in [1.165, 1.54) is 4.57 Å². The Labute approximate surface area is 240 Å². The number of carbonyl (C=O) groups excluding carboxylic acids is 2. The highest BCUT2D eigenvalue weighted by molar-refractivity contribution is 5.89. The third-order valence-corrected chi connectivity index (χ3v) is 7.95. The summed E-state index contributed by atoms with van der Waals surface area (Å²) in [5.41, 5.74) is 10.9. The van der Waals surface area contributed by atoms with E-state index in [0.29, 0.717) is 38.5 Å². The number of benzene rings is 1. The minimum absolute atomic E-state index is 0. The third kappa shape index (κ3) is 6.57. The lowest BCUT2D eigenvalue weighted by Gasteiger charge is -2.37. The van der Waals surface area contributed by atoms with Gasteiger partial charge in [-0.05, 0) is 68.5 Å². The number of urea groups is 1. The van der Waals surface area contributed by atoms with Crippen molar-refractivity contribution in [2.45, 2.75) is 19.4 Å². The number of fused-ring (bicyclic) bond motifs is 1. The van der Waals surface area contributed by atoms with Gasteiger partial charge < -0.3 is 26.0 Å². The summed E-state index contributed by atoms with van der Waals surface area (Å²) in [5, 5.41) is 2.68. The number of hydrogen-bond acceptors (Lipinski definition) is 8. The highest BCUT2D eigenvalue weighted by atomic mass is 35.5. The Hall–Kier alpha value is -3.19. The number of piperazine rings is 1. The molecule has 1 saturated carbocycles. The lowest BCUT2D eigenvalue weighted by molar-refractivity contribution is -0.137. The van der Waals surface area contributed by atoms with Crippen LogP contribution in [0.15, 0.2) is 41.3 Å². The molecule has 3 amide bonds. The highest BCUT2D eigenvalue weighted by Gasteiger charge is 2.54. The van der Waals surface area contributed by atoms with Crippen LogP contribution in [-0.2, 0) is 4.79 Å². The van der Waals surface area contributed by atoms with E-state index in [1.807, 2.05) is 12.1 Å².